The van der Waals surface area contributed by atoms with Crippen LogP contribution in [0.1, 0.15) is 46.3 Å². The van der Waals surface area contributed by atoms with Crippen LogP contribution in [0.3, 0.4) is 0 Å². The van der Waals surface area contributed by atoms with Crippen LogP contribution in [0.15, 0.2) is 6.07 Å². The molecule has 74 valence electrons. The van der Waals surface area contributed by atoms with E-state index in [2.05, 4.69) is 0 Å². The van der Waals surface area contributed by atoms with Crippen LogP contribution in [-0.2, 0) is 0 Å². The molecule has 0 bridgehead atoms. The van der Waals surface area contributed by atoms with Crippen LogP contribution in [0.4, 0.5) is 0 Å². The third kappa shape index (κ3) is 1.07. The number of carbonyl (C=O) groups is 1. The normalized spacial score (nSPS) is 19.9. The smallest absolute Gasteiger partial charge is 0.167 e. The summed E-state index contributed by atoms with van der Waals surface area (Å²) in [5, 5.41) is 9.81. The lowest BCUT2D eigenvalue weighted by molar-refractivity contribution is 0.0988. The predicted octanol–water partition coefficient (Wildman–Crippen LogP) is 2.70. The second kappa shape index (κ2) is 2.84. The number of aromatic hydroxyl groups is 1. The topological polar surface area (TPSA) is 37.3 Å². The fourth-order valence-corrected chi connectivity index (χ4v) is 2.39. The maximum Gasteiger partial charge on any atom is 0.167 e. The van der Waals surface area contributed by atoms with E-state index in [0.29, 0.717) is 12.0 Å². The van der Waals surface area contributed by atoms with Crippen LogP contribution >= 0.6 is 0 Å². The van der Waals surface area contributed by atoms with Crippen LogP contribution in [0.5, 0.6) is 5.75 Å². The minimum Gasteiger partial charge on any atom is -0.507 e. The number of aryl methyl sites for hydroxylation is 2. The predicted molar refractivity (Wildman–Crippen MR) is 54.9 cm³/mol. The number of carbonyl (C=O) groups excluding carboxylic acids is 1. The van der Waals surface area contributed by atoms with E-state index in [-0.39, 0.29) is 17.5 Å². The molecule has 1 aliphatic carbocycles. The maximum atomic E-state index is 11.6. The van der Waals surface area contributed by atoms with Gasteiger partial charge in [-0.15, -0.1) is 0 Å². The summed E-state index contributed by atoms with van der Waals surface area (Å²) in [6, 6.07) is 1.95. The molecule has 0 spiro atoms. The number of hydrogen-bond donors (Lipinski definition) is 1. The highest BCUT2D eigenvalue weighted by Crippen LogP contribution is 2.41. The van der Waals surface area contributed by atoms with Gasteiger partial charge in [-0.25, -0.2) is 0 Å². The zero-order chi connectivity index (χ0) is 10.5. The molecule has 0 aromatic heterocycles. The monoisotopic (exact) mass is 190 g/mol. The van der Waals surface area contributed by atoms with Gasteiger partial charge in [0.2, 0.25) is 0 Å². The van der Waals surface area contributed by atoms with Crippen LogP contribution < -0.4 is 0 Å². The third-order valence-electron chi connectivity index (χ3n) is 3.00. The van der Waals surface area contributed by atoms with Gasteiger partial charge in [0.1, 0.15) is 5.75 Å². The molecule has 1 aromatic carbocycles. The van der Waals surface area contributed by atoms with Crippen LogP contribution in [-0.4, -0.2) is 10.9 Å². The molecule has 2 heteroatoms. The standard InChI is InChI=1S/C12H14O2/c1-6-4-8(3)12(14)11-9(13)5-7(2)10(6)11/h4,7,14H,5H2,1-3H3. The molecule has 0 amide bonds. The molecule has 0 radical (unpaired) electrons. The Morgan fingerprint density at radius 3 is 2.64 bits per heavy atom. The molecule has 0 heterocycles. The van der Waals surface area contributed by atoms with Crippen LogP contribution in [0.2, 0.25) is 0 Å². The summed E-state index contributed by atoms with van der Waals surface area (Å²) in [6.07, 6.45) is 0.535. The number of phenols is 1. The number of hydrogen-bond acceptors (Lipinski definition) is 2. The summed E-state index contributed by atoms with van der Waals surface area (Å²) in [7, 11) is 0. The lowest BCUT2D eigenvalue weighted by Gasteiger charge is -2.11. The molecule has 0 saturated carbocycles. The molecule has 0 fully saturated rings. The Morgan fingerprint density at radius 2 is 2.00 bits per heavy atom. The van der Waals surface area contributed by atoms with E-state index in [0.717, 1.165) is 16.7 Å². The molecular formula is C12H14O2. The van der Waals surface area contributed by atoms with Gasteiger partial charge in [0, 0.05) is 6.42 Å². The Balaban J connectivity index is 2.79. The van der Waals surface area contributed by atoms with E-state index in [1.807, 2.05) is 26.8 Å². The average molecular weight is 190 g/mol. The summed E-state index contributed by atoms with van der Waals surface area (Å²) < 4.78 is 0. The Labute approximate surface area is 83.6 Å². The first-order valence-electron chi connectivity index (χ1n) is 4.88. The largest absolute Gasteiger partial charge is 0.507 e. The van der Waals surface area contributed by atoms with Crippen molar-refractivity contribution < 1.29 is 9.90 Å². The first-order valence-corrected chi connectivity index (χ1v) is 4.88. The summed E-state index contributed by atoms with van der Waals surface area (Å²) in [5.41, 5.74) is 3.52. The van der Waals surface area contributed by atoms with Crippen molar-refractivity contribution in [2.24, 2.45) is 0 Å². The number of ketones is 1. The van der Waals surface area contributed by atoms with Crippen molar-refractivity contribution in [2.45, 2.75) is 33.1 Å². The molecule has 1 N–H and O–H groups in total. The molecule has 2 rings (SSSR count). The quantitative estimate of drug-likeness (QED) is 0.683. The minimum atomic E-state index is 0.0804. The van der Waals surface area contributed by atoms with Crippen molar-refractivity contribution in [3.05, 3.63) is 28.3 Å². The van der Waals surface area contributed by atoms with Gasteiger partial charge in [0.15, 0.2) is 5.78 Å². The molecule has 0 aliphatic heterocycles. The van der Waals surface area contributed by atoms with Crippen molar-refractivity contribution in [3.8, 4) is 5.75 Å². The second-order valence-corrected chi connectivity index (χ2v) is 4.18. The summed E-state index contributed by atoms with van der Waals surface area (Å²) in [4.78, 5) is 11.6. The van der Waals surface area contributed by atoms with Crippen LogP contribution in [0, 0.1) is 13.8 Å². The fourth-order valence-electron chi connectivity index (χ4n) is 2.39. The fraction of sp³-hybridized carbons (Fsp3) is 0.417. The number of fused-ring (bicyclic) bond motifs is 1. The average Bonchev–Trinajstić information content (AvgIpc) is 2.38. The number of phenolic OH excluding ortho intramolecular Hbond substituents is 1. The molecule has 1 unspecified atom stereocenters. The molecular weight excluding hydrogens is 176 g/mol. The lowest BCUT2D eigenvalue weighted by Crippen LogP contribution is -1.96. The highest BCUT2D eigenvalue weighted by molar-refractivity contribution is 6.04. The number of benzene rings is 1. The van der Waals surface area contributed by atoms with Gasteiger partial charge in [0.25, 0.3) is 0 Å². The molecule has 14 heavy (non-hydrogen) atoms. The molecule has 1 atom stereocenters. The van der Waals surface area contributed by atoms with Crippen molar-refractivity contribution in [1.82, 2.24) is 0 Å². The minimum absolute atomic E-state index is 0.0804. The van der Waals surface area contributed by atoms with Crippen molar-refractivity contribution >= 4 is 5.78 Å². The van der Waals surface area contributed by atoms with Gasteiger partial charge in [-0.3, -0.25) is 4.79 Å². The molecule has 1 aliphatic rings. The van der Waals surface area contributed by atoms with E-state index in [4.69, 9.17) is 0 Å². The third-order valence-corrected chi connectivity index (χ3v) is 3.00. The number of rotatable bonds is 0. The lowest BCUT2D eigenvalue weighted by atomic mass is 9.95. The first-order chi connectivity index (χ1) is 6.52. The van der Waals surface area contributed by atoms with E-state index >= 15 is 0 Å². The van der Waals surface area contributed by atoms with Gasteiger partial charge >= 0.3 is 0 Å². The van der Waals surface area contributed by atoms with E-state index < -0.39 is 0 Å². The van der Waals surface area contributed by atoms with E-state index in [1.54, 1.807) is 0 Å². The SMILES string of the molecule is Cc1cc(C)c2c(c1O)C(=O)CC2C. The Hall–Kier alpha value is -1.31. The summed E-state index contributed by atoms with van der Waals surface area (Å²) >= 11 is 0. The molecule has 1 aromatic rings. The van der Waals surface area contributed by atoms with Gasteiger partial charge < -0.3 is 5.11 Å². The van der Waals surface area contributed by atoms with Crippen molar-refractivity contribution in [3.63, 3.8) is 0 Å². The second-order valence-electron chi connectivity index (χ2n) is 4.18. The number of Topliss-reactive ketones (excluding diaryl/α,β-unsaturated/α-hetero) is 1. The zero-order valence-electron chi connectivity index (χ0n) is 8.72. The molecule has 2 nitrogen and oxygen atoms in total. The van der Waals surface area contributed by atoms with E-state index in [1.165, 1.54) is 0 Å². The Kier molecular flexibility index (Phi) is 1.88. The Bertz CT molecular complexity index is 419. The van der Waals surface area contributed by atoms with Gasteiger partial charge in [-0.1, -0.05) is 13.0 Å². The summed E-state index contributed by atoms with van der Waals surface area (Å²) in [5.74, 6) is 0.515. The summed E-state index contributed by atoms with van der Waals surface area (Å²) in [6.45, 7) is 5.87. The van der Waals surface area contributed by atoms with Gasteiger partial charge in [0.05, 0.1) is 5.56 Å². The zero-order valence-corrected chi connectivity index (χ0v) is 8.72. The van der Waals surface area contributed by atoms with Crippen molar-refractivity contribution in [2.75, 3.05) is 0 Å². The Morgan fingerprint density at radius 1 is 1.36 bits per heavy atom. The van der Waals surface area contributed by atoms with Gasteiger partial charge in [-0.2, -0.15) is 0 Å². The van der Waals surface area contributed by atoms with E-state index in [9.17, 15) is 9.90 Å². The highest BCUT2D eigenvalue weighted by Gasteiger charge is 2.31. The molecule has 0 saturated heterocycles. The van der Waals surface area contributed by atoms with Crippen LogP contribution in [0.25, 0.3) is 0 Å². The van der Waals surface area contributed by atoms with Crippen molar-refractivity contribution in [1.29, 1.82) is 0 Å². The maximum absolute atomic E-state index is 11.6. The first kappa shape index (κ1) is 9.25. The highest BCUT2D eigenvalue weighted by atomic mass is 16.3. The van der Waals surface area contributed by atoms with Gasteiger partial charge in [-0.05, 0) is 36.5 Å².